The number of hydrogen-bond donors (Lipinski definition) is 2. The summed E-state index contributed by atoms with van der Waals surface area (Å²) < 4.78 is 1.76. The molecule has 7 heteroatoms. The quantitative estimate of drug-likeness (QED) is 0.679. The fourth-order valence-electron chi connectivity index (χ4n) is 2.31. The molecule has 7 nitrogen and oxygen atoms in total. The third kappa shape index (κ3) is 3.28. The summed E-state index contributed by atoms with van der Waals surface area (Å²) in [5.74, 6) is -0.134. The zero-order chi connectivity index (χ0) is 16.2. The van der Waals surface area contributed by atoms with Crippen LogP contribution in [0.3, 0.4) is 0 Å². The van der Waals surface area contributed by atoms with Gasteiger partial charge in [-0.25, -0.2) is 14.6 Å². The van der Waals surface area contributed by atoms with Crippen LogP contribution in [0.15, 0.2) is 36.8 Å². The van der Waals surface area contributed by atoms with Crippen molar-refractivity contribution in [3.63, 3.8) is 0 Å². The van der Waals surface area contributed by atoms with E-state index in [2.05, 4.69) is 20.4 Å². The lowest BCUT2D eigenvalue weighted by Gasteiger charge is -2.06. The molecule has 2 heterocycles. The van der Waals surface area contributed by atoms with Gasteiger partial charge in [0.05, 0.1) is 17.3 Å². The average Bonchev–Trinajstić information content (AvgIpc) is 2.97. The number of hydrogen-bond acceptors (Lipinski definition) is 5. The maximum atomic E-state index is 10.5. The lowest BCUT2D eigenvalue weighted by atomic mass is 10.2. The first-order valence-corrected chi connectivity index (χ1v) is 7.36. The second-order valence-corrected chi connectivity index (χ2v) is 5.28. The van der Waals surface area contributed by atoms with Crippen LogP contribution >= 0.6 is 0 Å². The number of aryl methyl sites for hydroxylation is 1. The predicted octanol–water partition coefficient (Wildman–Crippen LogP) is 2.40. The Hall–Kier alpha value is -2.96. The summed E-state index contributed by atoms with van der Waals surface area (Å²) in [6.07, 6.45) is 3.86. The van der Waals surface area contributed by atoms with E-state index < -0.39 is 5.97 Å². The number of carboxylic acid groups (broad SMARTS) is 1. The molecule has 0 aliphatic rings. The number of aromatic nitrogens is 4. The second-order valence-electron chi connectivity index (χ2n) is 5.28. The highest BCUT2D eigenvalue weighted by atomic mass is 16.4. The van der Waals surface area contributed by atoms with Crippen molar-refractivity contribution in [2.24, 2.45) is 0 Å². The van der Waals surface area contributed by atoms with Gasteiger partial charge in [0.25, 0.3) is 0 Å². The first-order valence-electron chi connectivity index (χ1n) is 7.36. The summed E-state index contributed by atoms with van der Waals surface area (Å²) in [6, 6.07) is 8.03. The van der Waals surface area contributed by atoms with E-state index in [-0.39, 0.29) is 6.42 Å². The summed E-state index contributed by atoms with van der Waals surface area (Å²) in [4.78, 5) is 19.1. The SMILES string of the molecule is Cc1ccc(-n2ncc3c(NCCCC(=O)O)ncnc32)cc1. The Morgan fingerprint density at radius 3 is 2.78 bits per heavy atom. The molecule has 2 aromatic heterocycles. The van der Waals surface area contributed by atoms with Crippen LogP contribution in [0.5, 0.6) is 0 Å². The molecule has 2 N–H and O–H groups in total. The maximum Gasteiger partial charge on any atom is 0.303 e. The molecule has 0 fully saturated rings. The van der Waals surface area contributed by atoms with Crippen LogP contribution in [0.25, 0.3) is 16.7 Å². The van der Waals surface area contributed by atoms with Crippen molar-refractivity contribution in [3.8, 4) is 5.69 Å². The molecule has 0 aliphatic carbocycles. The molecule has 0 amide bonds. The average molecular weight is 311 g/mol. The fraction of sp³-hybridized carbons (Fsp3) is 0.250. The van der Waals surface area contributed by atoms with E-state index in [9.17, 15) is 4.79 Å². The van der Waals surface area contributed by atoms with Gasteiger partial charge in [-0.05, 0) is 25.5 Å². The zero-order valence-electron chi connectivity index (χ0n) is 12.7. The number of carbonyl (C=O) groups is 1. The van der Waals surface area contributed by atoms with Crippen LogP contribution in [0.4, 0.5) is 5.82 Å². The molecule has 0 spiro atoms. The fourth-order valence-corrected chi connectivity index (χ4v) is 2.31. The van der Waals surface area contributed by atoms with Gasteiger partial charge in [-0.2, -0.15) is 5.10 Å². The zero-order valence-corrected chi connectivity index (χ0v) is 12.7. The Kier molecular flexibility index (Phi) is 4.18. The van der Waals surface area contributed by atoms with Crippen LogP contribution in [0, 0.1) is 6.92 Å². The van der Waals surface area contributed by atoms with Gasteiger partial charge in [0, 0.05) is 13.0 Å². The van der Waals surface area contributed by atoms with E-state index in [1.54, 1.807) is 10.9 Å². The van der Waals surface area contributed by atoms with Crippen molar-refractivity contribution >= 4 is 22.8 Å². The van der Waals surface area contributed by atoms with Crippen LogP contribution in [0.2, 0.25) is 0 Å². The van der Waals surface area contributed by atoms with Crippen LogP contribution in [0.1, 0.15) is 18.4 Å². The largest absolute Gasteiger partial charge is 0.481 e. The highest BCUT2D eigenvalue weighted by Gasteiger charge is 2.10. The first-order chi connectivity index (χ1) is 11.1. The Labute approximate surface area is 133 Å². The summed E-state index contributed by atoms with van der Waals surface area (Å²) >= 11 is 0. The third-order valence-electron chi connectivity index (χ3n) is 3.50. The van der Waals surface area contributed by atoms with Crippen molar-refractivity contribution in [2.45, 2.75) is 19.8 Å². The lowest BCUT2D eigenvalue weighted by molar-refractivity contribution is -0.137. The van der Waals surface area contributed by atoms with Crippen molar-refractivity contribution in [3.05, 3.63) is 42.4 Å². The topological polar surface area (TPSA) is 92.9 Å². The minimum atomic E-state index is -0.799. The monoisotopic (exact) mass is 311 g/mol. The molecule has 3 aromatic rings. The Balaban J connectivity index is 1.85. The van der Waals surface area contributed by atoms with Crippen LogP contribution in [-0.2, 0) is 4.79 Å². The molecule has 0 unspecified atom stereocenters. The molecular formula is C16H17N5O2. The second kappa shape index (κ2) is 6.43. The minimum absolute atomic E-state index is 0.129. The van der Waals surface area contributed by atoms with Gasteiger partial charge in [0.2, 0.25) is 0 Å². The molecule has 1 aromatic carbocycles. The lowest BCUT2D eigenvalue weighted by Crippen LogP contribution is -2.07. The van der Waals surface area contributed by atoms with E-state index in [4.69, 9.17) is 5.11 Å². The number of aliphatic carboxylic acids is 1. The smallest absolute Gasteiger partial charge is 0.303 e. The van der Waals surface area contributed by atoms with Crippen molar-refractivity contribution in [1.82, 2.24) is 19.7 Å². The molecule has 118 valence electrons. The molecule has 0 radical (unpaired) electrons. The van der Waals surface area contributed by atoms with E-state index in [1.165, 1.54) is 11.9 Å². The summed E-state index contributed by atoms with van der Waals surface area (Å²) in [5.41, 5.74) is 2.83. The minimum Gasteiger partial charge on any atom is -0.481 e. The number of nitrogens with one attached hydrogen (secondary N) is 1. The molecule has 0 saturated carbocycles. The highest BCUT2D eigenvalue weighted by Crippen LogP contribution is 2.21. The number of carboxylic acids is 1. The summed E-state index contributed by atoms with van der Waals surface area (Å²) in [7, 11) is 0. The predicted molar refractivity (Wildman–Crippen MR) is 86.8 cm³/mol. The van der Waals surface area contributed by atoms with Gasteiger partial charge in [0.15, 0.2) is 5.65 Å². The number of nitrogens with zero attached hydrogens (tertiary/aromatic N) is 4. The maximum absolute atomic E-state index is 10.5. The van der Waals surface area contributed by atoms with Crippen molar-refractivity contribution < 1.29 is 9.90 Å². The number of benzene rings is 1. The van der Waals surface area contributed by atoms with E-state index in [0.717, 1.165) is 11.1 Å². The van der Waals surface area contributed by atoms with E-state index in [0.29, 0.717) is 24.4 Å². The summed E-state index contributed by atoms with van der Waals surface area (Å²) in [6.45, 7) is 2.57. The van der Waals surface area contributed by atoms with Crippen LogP contribution in [-0.4, -0.2) is 37.4 Å². The molecule has 0 bridgehead atoms. The van der Waals surface area contributed by atoms with E-state index in [1.807, 2.05) is 31.2 Å². The van der Waals surface area contributed by atoms with Gasteiger partial charge >= 0.3 is 5.97 Å². The molecule has 0 saturated heterocycles. The highest BCUT2D eigenvalue weighted by molar-refractivity contribution is 5.87. The number of rotatable bonds is 6. The van der Waals surface area contributed by atoms with Crippen molar-refractivity contribution in [1.29, 1.82) is 0 Å². The molecule has 0 atom stereocenters. The molecular weight excluding hydrogens is 294 g/mol. The van der Waals surface area contributed by atoms with E-state index >= 15 is 0 Å². The number of fused-ring (bicyclic) bond motifs is 1. The van der Waals surface area contributed by atoms with Gasteiger partial charge in [0.1, 0.15) is 12.1 Å². The van der Waals surface area contributed by atoms with Gasteiger partial charge in [-0.15, -0.1) is 0 Å². The molecule has 3 rings (SSSR count). The summed E-state index contributed by atoms with van der Waals surface area (Å²) in [5, 5.41) is 17.0. The van der Waals surface area contributed by atoms with Crippen LogP contribution < -0.4 is 5.32 Å². The molecule has 23 heavy (non-hydrogen) atoms. The van der Waals surface area contributed by atoms with Crippen molar-refractivity contribution in [2.75, 3.05) is 11.9 Å². The van der Waals surface area contributed by atoms with Gasteiger partial charge in [-0.1, -0.05) is 17.7 Å². The number of anilines is 1. The first kappa shape index (κ1) is 15.0. The Bertz CT molecular complexity index is 826. The molecule has 0 aliphatic heterocycles. The van der Waals surface area contributed by atoms with Gasteiger partial charge in [-0.3, -0.25) is 4.79 Å². The standard InChI is InChI=1S/C16H17N5O2/c1-11-4-6-12(7-5-11)21-16-13(9-20-21)15(18-10-19-16)17-8-2-3-14(22)23/h4-7,9-10H,2-3,8H2,1H3,(H,22,23)(H,17,18,19). The van der Waals surface area contributed by atoms with Gasteiger partial charge < -0.3 is 10.4 Å². The Morgan fingerprint density at radius 1 is 1.26 bits per heavy atom. The normalized spacial score (nSPS) is 10.8. The third-order valence-corrected chi connectivity index (χ3v) is 3.50. The Morgan fingerprint density at radius 2 is 2.04 bits per heavy atom.